The molecule has 1 fully saturated rings. The number of anilines is 1. The summed E-state index contributed by atoms with van der Waals surface area (Å²) < 4.78 is 47.3. The van der Waals surface area contributed by atoms with Crippen molar-refractivity contribution in [3.63, 3.8) is 0 Å². The molecule has 0 radical (unpaired) electrons. The average Bonchev–Trinajstić information content (AvgIpc) is 3.49. The summed E-state index contributed by atoms with van der Waals surface area (Å²) in [5.41, 5.74) is 0.940. The van der Waals surface area contributed by atoms with Crippen molar-refractivity contribution in [3.05, 3.63) is 41.5 Å². The minimum absolute atomic E-state index is 0.00400. The van der Waals surface area contributed by atoms with Gasteiger partial charge in [0.05, 0.1) is 28.6 Å². The summed E-state index contributed by atoms with van der Waals surface area (Å²) in [4.78, 5) is 40.5. The Balaban J connectivity index is 1.52. The number of halogens is 3. The molecule has 15 heteroatoms. The Morgan fingerprint density at radius 2 is 1.98 bits per heavy atom. The Bertz CT molecular complexity index is 1580. The van der Waals surface area contributed by atoms with Crippen LogP contribution in [0, 0.1) is 19.8 Å². The van der Waals surface area contributed by atoms with Crippen LogP contribution in [0.1, 0.15) is 23.4 Å². The maximum absolute atomic E-state index is 14.0. The van der Waals surface area contributed by atoms with E-state index in [-0.39, 0.29) is 42.6 Å². The predicted octanol–water partition coefficient (Wildman–Crippen LogP) is 3.84. The van der Waals surface area contributed by atoms with Gasteiger partial charge < -0.3 is 30.1 Å². The zero-order valence-corrected chi connectivity index (χ0v) is 21.6. The molecule has 4 aromatic heterocycles. The first kappa shape index (κ1) is 26.9. The maximum atomic E-state index is 14.0. The van der Waals surface area contributed by atoms with Crippen LogP contribution in [-0.2, 0) is 11.0 Å². The highest BCUT2D eigenvalue weighted by molar-refractivity contribution is 5.94. The van der Waals surface area contributed by atoms with E-state index in [1.807, 2.05) is 0 Å². The smallest absolute Gasteiger partial charge is 0.419 e. The molecule has 0 unspecified atom stereocenters. The molecule has 0 aliphatic carbocycles. The van der Waals surface area contributed by atoms with Crippen molar-refractivity contribution < 1.29 is 32.4 Å². The third kappa shape index (κ3) is 5.01. The van der Waals surface area contributed by atoms with Gasteiger partial charge in [0, 0.05) is 49.5 Å². The second-order valence-corrected chi connectivity index (χ2v) is 9.52. The number of fused-ring (bicyclic) bond motifs is 1. The normalized spacial score (nSPS) is 17.7. The van der Waals surface area contributed by atoms with Crippen LogP contribution in [0.2, 0.25) is 0 Å². The molecule has 0 saturated carbocycles. The third-order valence-electron chi connectivity index (χ3n) is 6.85. The molecular formula is C25H25F3N8O4. The minimum atomic E-state index is -4.75. The number of pyridine rings is 1. The average molecular weight is 559 g/mol. The van der Waals surface area contributed by atoms with Crippen LogP contribution < -0.4 is 10.6 Å². The maximum Gasteiger partial charge on any atom is 0.419 e. The van der Waals surface area contributed by atoms with Gasteiger partial charge in [0.15, 0.2) is 0 Å². The number of H-pyrrole nitrogens is 1. The Hall–Kier alpha value is -4.69. The summed E-state index contributed by atoms with van der Waals surface area (Å²) in [6, 6.07) is 2.70. The first-order chi connectivity index (χ1) is 19.0. The summed E-state index contributed by atoms with van der Waals surface area (Å²) in [5.74, 6) is -0.558. The molecule has 0 aromatic carbocycles. The molecule has 2 atom stereocenters. The molecule has 1 aliphatic heterocycles. The Kier molecular flexibility index (Phi) is 6.81. The molecule has 4 N–H and O–H groups in total. The lowest BCUT2D eigenvalue weighted by Gasteiger charge is -2.35. The predicted molar refractivity (Wildman–Crippen MR) is 136 cm³/mol. The minimum Gasteiger partial charge on any atom is -0.465 e. The lowest BCUT2D eigenvalue weighted by atomic mass is 9.93. The molecule has 2 amide bonds. The van der Waals surface area contributed by atoms with Gasteiger partial charge in [-0.15, -0.1) is 0 Å². The third-order valence-corrected chi connectivity index (χ3v) is 6.85. The number of alkyl halides is 3. The Labute approximate surface area is 225 Å². The number of carbonyl (C=O) groups excluding carboxylic acids is 1. The van der Waals surface area contributed by atoms with E-state index in [1.54, 1.807) is 26.0 Å². The number of carbonyl (C=O) groups is 2. The highest BCUT2D eigenvalue weighted by Gasteiger charge is 2.37. The number of carboxylic acid groups (broad SMARTS) is 1. The number of aromatic amines is 1. The summed E-state index contributed by atoms with van der Waals surface area (Å²) >= 11 is 0. The second kappa shape index (κ2) is 10.1. The van der Waals surface area contributed by atoms with Gasteiger partial charge in [0.1, 0.15) is 17.0 Å². The van der Waals surface area contributed by atoms with Gasteiger partial charge in [-0.3, -0.25) is 4.79 Å². The highest BCUT2D eigenvalue weighted by atomic mass is 19.4. The van der Waals surface area contributed by atoms with E-state index in [1.165, 1.54) is 13.2 Å². The number of hydrogen-bond acceptors (Lipinski definition) is 8. The van der Waals surface area contributed by atoms with Gasteiger partial charge in [-0.25, -0.2) is 19.7 Å². The van der Waals surface area contributed by atoms with Crippen LogP contribution in [0.25, 0.3) is 33.5 Å². The SMILES string of the molecule is CNC(=O)[C@@H]1C[C@H](Nc2ncc(C(F)(F)F)c(-c3c[nH]c4nc(-c5c(C)noc5C)ccc34)n2)CN(C(=O)O)C1. The summed E-state index contributed by atoms with van der Waals surface area (Å²) in [7, 11) is 1.45. The number of likely N-dealkylation sites (tertiary alicyclic amines) is 1. The molecule has 210 valence electrons. The van der Waals surface area contributed by atoms with Crippen molar-refractivity contribution in [2.45, 2.75) is 32.5 Å². The van der Waals surface area contributed by atoms with Crippen LogP contribution >= 0.6 is 0 Å². The van der Waals surface area contributed by atoms with Crippen LogP contribution in [-0.4, -0.2) is 73.3 Å². The van der Waals surface area contributed by atoms with Crippen molar-refractivity contribution in [1.82, 2.24) is 35.3 Å². The van der Waals surface area contributed by atoms with E-state index < -0.39 is 29.8 Å². The van der Waals surface area contributed by atoms with E-state index in [2.05, 4.69) is 35.7 Å². The van der Waals surface area contributed by atoms with E-state index in [4.69, 9.17) is 4.52 Å². The van der Waals surface area contributed by atoms with Crippen LogP contribution in [0.15, 0.2) is 29.0 Å². The van der Waals surface area contributed by atoms with Gasteiger partial charge in [-0.2, -0.15) is 13.2 Å². The number of amides is 2. The number of nitrogens with zero attached hydrogens (tertiary/aromatic N) is 5. The molecule has 1 saturated heterocycles. The Morgan fingerprint density at radius 3 is 2.62 bits per heavy atom. The largest absolute Gasteiger partial charge is 0.465 e. The zero-order valence-electron chi connectivity index (χ0n) is 21.6. The summed E-state index contributed by atoms with van der Waals surface area (Å²) in [5, 5.41) is 19.2. The number of rotatable bonds is 5. The van der Waals surface area contributed by atoms with Gasteiger partial charge in [0.25, 0.3) is 0 Å². The topological polar surface area (TPSA) is 162 Å². The van der Waals surface area contributed by atoms with Crippen molar-refractivity contribution in [1.29, 1.82) is 0 Å². The molecule has 0 spiro atoms. The molecule has 1 aliphatic rings. The highest BCUT2D eigenvalue weighted by Crippen LogP contribution is 2.39. The van der Waals surface area contributed by atoms with Gasteiger partial charge >= 0.3 is 12.3 Å². The van der Waals surface area contributed by atoms with Gasteiger partial charge in [-0.05, 0) is 32.4 Å². The van der Waals surface area contributed by atoms with E-state index in [0.29, 0.717) is 39.9 Å². The fraction of sp³-hybridized carbons (Fsp3) is 0.360. The Morgan fingerprint density at radius 1 is 1.20 bits per heavy atom. The van der Waals surface area contributed by atoms with E-state index in [0.717, 1.165) is 4.90 Å². The molecular weight excluding hydrogens is 533 g/mol. The van der Waals surface area contributed by atoms with Crippen LogP contribution in [0.5, 0.6) is 0 Å². The first-order valence-corrected chi connectivity index (χ1v) is 12.3. The first-order valence-electron chi connectivity index (χ1n) is 12.3. The number of nitrogens with one attached hydrogen (secondary N) is 3. The summed E-state index contributed by atoms with van der Waals surface area (Å²) in [6.45, 7) is 3.52. The van der Waals surface area contributed by atoms with Crippen molar-refractivity contribution in [2.75, 3.05) is 25.5 Å². The number of piperidine rings is 1. The second-order valence-electron chi connectivity index (χ2n) is 9.52. The molecule has 40 heavy (non-hydrogen) atoms. The molecule has 5 rings (SSSR count). The van der Waals surface area contributed by atoms with Gasteiger partial charge in [0.2, 0.25) is 11.9 Å². The van der Waals surface area contributed by atoms with Crippen LogP contribution in [0.4, 0.5) is 23.9 Å². The van der Waals surface area contributed by atoms with Gasteiger partial charge in [-0.1, -0.05) is 5.16 Å². The number of hydrogen-bond donors (Lipinski definition) is 4. The number of aryl methyl sites for hydroxylation is 2. The van der Waals surface area contributed by atoms with E-state index >= 15 is 0 Å². The van der Waals surface area contributed by atoms with E-state index in [9.17, 15) is 27.9 Å². The molecule has 4 aromatic rings. The summed E-state index contributed by atoms with van der Waals surface area (Å²) in [6.07, 6.45) is -3.65. The molecule has 12 nitrogen and oxygen atoms in total. The molecule has 0 bridgehead atoms. The number of aromatic nitrogens is 5. The quantitative estimate of drug-likeness (QED) is 0.285. The van der Waals surface area contributed by atoms with Crippen molar-refractivity contribution in [3.8, 4) is 22.5 Å². The fourth-order valence-electron chi connectivity index (χ4n) is 4.99. The lowest BCUT2D eigenvalue weighted by Crippen LogP contribution is -2.52. The zero-order chi connectivity index (χ0) is 28.8. The monoisotopic (exact) mass is 558 g/mol. The van der Waals surface area contributed by atoms with Crippen LogP contribution in [0.3, 0.4) is 0 Å². The van der Waals surface area contributed by atoms with Crippen molar-refractivity contribution in [2.24, 2.45) is 5.92 Å². The fourth-order valence-corrected chi connectivity index (χ4v) is 4.99. The standard InChI is InChI=1S/C25H25F3N8O4/c1-11-19(12(2)40-35-11)18-5-4-15-16(7-30-21(15)33-18)20-17(25(26,27)28)8-31-23(34-20)32-14-6-13(22(37)29-3)9-36(10-14)24(38)39/h4-5,7-8,13-14H,6,9-10H2,1-3H3,(H,29,37)(H,30,33)(H,38,39)(H,31,32,34)/t13-,14+/m1/s1. The lowest BCUT2D eigenvalue weighted by molar-refractivity contribution is -0.137. The van der Waals surface area contributed by atoms with Crippen molar-refractivity contribution >= 4 is 29.0 Å². The molecule has 5 heterocycles.